The standard InChI is InChI=1S/C13H10ClF/c14-12-7-5-10(6-8-12)9-11-3-1-2-4-13(11)15/h1-8H,9H2. The monoisotopic (exact) mass is 220 g/mol. The summed E-state index contributed by atoms with van der Waals surface area (Å²) in [6, 6.07) is 14.3. The molecule has 0 fully saturated rings. The van der Waals surface area contributed by atoms with Crippen LogP contribution in [0.2, 0.25) is 5.02 Å². The SMILES string of the molecule is Fc1ccccc1Cc1ccc(Cl)cc1. The van der Waals surface area contributed by atoms with E-state index in [0.29, 0.717) is 17.0 Å². The van der Waals surface area contributed by atoms with E-state index in [0.717, 1.165) is 5.56 Å². The first-order chi connectivity index (χ1) is 7.25. The molecule has 0 heterocycles. The zero-order chi connectivity index (χ0) is 10.7. The molecule has 0 aliphatic heterocycles. The fourth-order valence-corrected chi connectivity index (χ4v) is 1.59. The quantitative estimate of drug-likeness (QED) is 0.716. The second-order valence-electron chi connectivity index (χ2n) is 3.39. The van der Waals surface area contributed by atoms with Crippen molar-refractivity contribution in [2.24, 2.45) is 0 Å². The van der Waals surface area contributed by atoms with Crippen LogP contribution in [-0.2, 0) is 6.42 Å². The molecule has 0 aromatic heterocycles. The van der Waals surface area contributed by atoms with E-state index >= 15 is 0 Å². The molecule has 0 aliphatic carbocycles. The van der Waals surface area contributed by atoms with Gasteiger partial charge in [0.05, 0.1) is 0 Å². The van der Waals surface area contributed by atoms with E-state index in [2.05, 4.69) is 0 Å². The van der Waals surface area contributed by atoms with Gasteiger partial charge in [0.2, 0.25) is 0 Å². The highest BCUT2D eigenvalue weighted by Crippen LogP contribution is 2.15. The zero-order valence-corrected chi connectivity index (χ0v) is 8.84. The Morgan fingerprint density at radius 3 is 2.27 bits per heavy atom. The van der Waals surface area contributed by atoms with Gasteiger partial charge >= 0.3 is 0 Å². The maximum atomic E-state index is 13.3. The molecule has 2 rings (SSSR count). The molecule has 2 heteroatoms. The molecule has 0 spiro atoms. The Morgan fingerprint density at radius 2 is 1.60 bits per heavy atom. The average molecular weight is 221 g/mol. The van der Waals surface area contributed by atoms with Crippen molar-refractivity contribution in [3.05, 3.63) is 70.5 Å². The lowest BCUT2D eigenvalue weighted by atomic mass is 10.0. The fraction of sp³-hybridized carbons (Fsp3) is 0.0769. The maximum Gasteiger partial charge on any atom is 0.126 e. The van der Waals surface area contributed by atoms with Crippen molar-refractivity contribution < 1.29 is 4.39 Å². The van der Waals surface area contributed by atoms with Gasteiger partial charge in [0, 0.05) is 11.4 Å². The highest BCUT2D eigenvalue weighted by Gasteiger charge is 2.01. The summed E-state index contributed by atoms with van der Waals surface area (Å²) in [6.07, 6.45) is 0.601. The molecule has 76 valence electrons. The topological polar surface area (TPSA) is 0 Å². The van der Waals surface area contributed by atoms with Crippen LogP contribution in [0.1, 0.15) is 11.1 Å². The van der Waals surface area contributed by atoms with Crippen molar-refractivity contribution in [2.75, 3.05) is 0 Å². The summed E-state index contributed by atoms with van der Waals surface area (Å²) in [5.41, 5.74) is 1.77. The van der Waals surface area contributed by atoms with Gasteiger partial charge in [0.25, 0.3) is 0 Å². The van der Waals surface area contributed by atoms with Crippen LogP contribution in [0.25, 0.3) is 0 Å². The number of halogens is 2. The van der Waals surface area contributed by atoms with Gasteiger partial charge in [0.1, 0.15) is 5.82 Å². The van der Waals surface area contributed by atoms with Crippen LogP contribution in [0.4, 0.5) is 4.39 Å². The van der Waals surface area contributed by atoms with Gasteiger partial charge in [-0.15, -0.1) is 0 Å². The van der Waals surface area contributed by atoms with Gasteiger partial charge in [-0.1, -0.05) is 41.9 Å². The average Bonchev–Trinajstić information content (AvgIpc) is 2.25. The molecule has 0 saturated carbocycles. The van der Waals surface area contributed by atoms with Crippen LogP contribution in [0.3, 0.4) is 0 Å². The van der Waals surface area contributed by atoms with Crippen molar-refractivity contribution in [1.82, 2.24) is 0 Å². The molecule has 0 N–H and O–H groups in total. The van der Waals surface area contributed by atoms with E-state index in [9.17, 15) is 4.39 Å². The first kappa shape index (κ1) is 10.2. The van der Waals surface area contributed by atoms with Gasteiger partial charge in [-0.2, -0.15) is 0 Å². The van der Waals surface area contributed by atoms with Crippen LogP contribution < -0.4 is 0 Å². The first-order valence-electron chi connectivity index (χ1n) is 4.73. The summed E-state index contributed by atoms with van der Waals surface area (Å²) in [4.78, 5) is 0. The largest absolute Gasteiger partial charge is 0.207 e. The maximum absolute atomic E-state index is 13.3. The summed E-state index contributed by atoms with van der Waals surface area (Å²) < 4.78 is 13.3. The highest BCUT2D eigenvalue weighted by atomic mass is 35.5. The lowest BCUT2D eigenvalue weighted by Crippen LogP contribution is -1.91. The number of hydrogen-bond acceptors (Lipinski definition) is 0. The normalized spacial score (nSPS) is 10.3. The van der Waals surface area contributed by atoms with Gasteiger partial charge in [-0.3, -0.25) is 0 Å². The minimum Gasteiger partial charge on any atom is -0.207 e. The molecule has 0 radical (unpaired) electrons. The first-order valence-corrected chi connectivity index (χ1v) is 5.11. The minimum atomic E-state index is -0.160. The van der Waals surface area contributed by atoms with Crippen LogP contribution >= 0.6 is 11.6 Å². The molecule has 0 saturated heterocycles. The summed E-state index contributed by atoms with van der Waals surface area (Å²) in [6.45, 7) is 0. The molecule has 2 aromatic rings. The Balaban J connectivity index is 2.22. The highest BCUT2D eigenvalue weighted by molar-refractivity contribution is 6.30. The van der Waals surface area contributed by atoms with E-state index in [1.165, 1.54) is 6.07 Å². The number of hydrogen-bond donors (Lipinski definition) is 0. The third-order valence-corrected chi connectivity index (χ3v) is 2.52. The number of rotatable bonds is 2. The summed E-state index contributed by atoms with van der Waals surface area (Å²) in [7, 11) is 0. The number of benzene rings is 2. The van der Waals surface area contributed by atoms with Crippen molar-refractivity contribution in [3.8, 4) is 0 Å². The van der Waals surface area contributed by atoms with Crippen molar-refractivity contribution >= 4 is 11.6 Å². The molecule has 15 heavy (non-hydrogen) atoms. The lowest BCUT2D eigenvalue weighted by Gasteiger charge is -2.03. The third-order valence-electron chi connectivity index (χ3n) is 2.27. The molecule has 0 unspecified atom stereocenters. The van der Waals surface area contributed by atoms with E-state index in [-0.39, 0.29) is 5.82 Å². The summed E-state index contributed by atoms with van der Waals surface area (Å²) in [5, 5.41) is 0.701. The Hall–Kier alpha value is -1.34. The van der Waals surface area contributed by atoms with E-state index in [1.54, 1.807) is 12.1 Å². The van der Waals surface area contributed by atoms with Gasteiger partial charge in [0.15, 0.2) is 0 Å². The van der Waals surface area contributed by atoms with Crippen LogP contribution in [-0.4, -0.2) is 0 Å². The molecule has 0 nitrogen and oxygen atoms in total. The van der Waals surface area contributed by atoms with Crippen molar-refractivity contribution in [2.45, 2.75) is 6.42 Å². The van der Waals surface area contributed by atoms with Gasteiger partial charge in [-0.25, -0.2) is 4.39 Å². The van der Waals surface area contributed by atoms with E-state index < -0.39 is 0 Å². The van der Waals surface area contributed by atoms with Crippen molar-refractivity contribution in [3.63, 3.8) is 0 Å². The van der Waals surface area contributed by atoms with Crippen molar-refractivity contribution in [1.29, 1.82) is 0 Å². The second-order valence-corrected chi connectivity index (χ2v) is 3.83. The molecule has 2 aromatic carbocycles. The predicted molar refractivity (Wildman–Crippen MR) is 60.7 cm³/mol. The Kier molecular flexibility index (Phi) is 3.02. The van der Waals surface area contributed by atoms with Crippen LogP contribution in [0.5, 0.6) is 0 Å². The fourth-order valence-electron chi connectivity index (χ4n) is 1.46. The van der Waals surface area contributed by atoms with Crippen LogP contribution in [0, 0.1) is 5.82 Å². The Morgan fingerprint density at radius 1 is 0.933 bits per heavy atom. The molecule has 0 atom stereocenters. The molecular weight excluding hydrogens is 211 g/mol. The second kappa shape index (κ2) is 4.45. The predicted octanol–water partition coefficient (Wildman–Crippen LogP) is 4.07. The van der Waals surface area contributed by atoms with Gasteiger partial charge in [-0.05, 0) is 29.3 Å². The summed E-state index contributed by atoms with van der Waals surface area (Å²) >= 11 is 5.77. The third kappa shape index (κ3) is 2.57. The van der Waals surface area contributed by atoms with Crippen LogP contribution in [0.15, 0.2) is 48.5 Å². The smallest absolute Gasteiger partial charge is 0.126 e. The van der Waals surface area contributed by atoms with E-state index in [4.69, 9.17) is 11.6 Å². The molecule has 0 aliphatic rings. The zero-order valence-electron chi connectivity index (χ0n) is 8.08. The van der Waals surface area contributed by atoms with Gasteiger partial charge < -0.3 is 0 Å². The molecule has 0 bridgehead atoms. The Labute approximate surface area is 93.3 Å². The molecular formula is C13H10ClF. The Bertz CT molecular complexity index is 448. The lowest BCUT2D eigenvalue weighted by molar-refractivity contribution is 0.614. The minimum absolute atomic E-state index is 0.160. The van der Waals surface area contributed by atoms with E-state index in [1.807, 2.05) is 30.3 Å². The summed E-state index contributed by atoms with van der Waals surface area (Å²) in [5.74, 6) is -0.160. The molecule has 0 amide bonds.